The number of fused-ring (bicyclic) bond motifs is 2. The van der Waals surface area contributed by atoms with Gasteiger partial charge in [-0.05, 0) is 36.4 Å². The smallest absolute Gasteiger partial charge is 0.307 e. The van der Waals surface area contributed by atoms with Crippen molar-refractivity contribution < 1.29 is 28.5 Å². The molecule has 4 aromatic rings. The molecule has 0 aliphatic carbocycles. The summed E-state index contributed by atoms with van der Waals surface area (Å²) in [5, 5.41) is 0. The van der Waals surface area contributed by atoms with Crippen LogP contribution in [0.2, 0.25) is 0 Å². The van der Waals surface area contributed by atoms with Gasteiger partial charge in [-0.15, -0.1) is 0 Å². The number of ether oxygens (including phenoxy) is 4. The monoisotopic (exact) mass is 476 g/mol. The summed E-state index contributed by atoms with van der Waals surface area (Å²) in [4.78, 5) is 29.5. The van der Waals surface area contributed by atoms with Gasteiger partial charge in [0.1, 0.15) is 11.5 Å². The van der Waals surface area contributed by atoms with Crippen LogP contribution in [-0.4, -0.2) is 30.3 Å². The van der Waals surface area contributed by atoms with Crippen molar-refractivity contribution in [3.8, 4) is 23.0 Å². The van der Waals surface area contributed by atoms with Gasteiger partial charge in [-0.2, -0.15) is 4.99 Å². The third-order valence-corrected chi connectivity index (χ3v) is 6.26. The lowest BCUT2D eigenvalue weighted by atomic mass is 10.2. The number of aromatic nitrogens is 1. The van der Waals surface area contributed by atoms with E-state index < -0.39 is 5.91 Å². The minimum absolute atomic E-state index is 0.143. The number of aryl methyl sites for hydroxylation is 1. The van der Waals surface area contributed by atoms with Gasteiger partial charge in [0, 0.05) is 24.2 Å². The highest BCUT2D eigenvalue weighted by Gasteiger charge is 2.18. The predicted octanol–water partition coefficient (Wildman–Crippen LogP) is 4.53. The summed E-state index contributed by atoms with van der Waals surface area (Å²) >= 11 is 1.34. The van der Waals surface area contributed by atoms with Crippen LogP contribution in [0.25, 0.3) is 10.2 Å². The lowest BCUT2D eigenvalue weighted by molar-refractivity contribution is -0.140. The topological polar surface area (TPSA) is 88.4 Å². The first-order valence-electron chi connectivity index (χ1n) is 10.5. The maximum atomic E-state index is 13.0. The van der Waals surface area contributed by atoms with Crippen molar-refractivity contribution in [2.24, 2.45) is 4.99 Å². The first-order valence-corrected chi connectivity index (χ1v) is 11.3. The molecule has 0 saturated heterocycles. The van der Waals surface area contributed by atoms with Crippen molar-refractivity contribution >= 4 is 33.4 Å². The summed E-state index contributed by atoms with van der Waals surface area (Å²) in [6.45, 7) is 0.469. The van der Waals surface area contributed by atoms with Gasteiger partial charge in [0.25, 0.3) is 5.91 Å². The van der Waals surface area contributed by atoms with E-state index in [0.29, 0.717) is 39.9 Å². The van der Waals surface area contributed by atoms with Crippen LogP contribution in [0.1, 0.15) is 16.8 Å². The van der Waals surface area contributed by atoms with Gasteiger partial charge >= 0.3 is 5.97 Å². The normalized spacial score (nSPS) is 12.7. The van der Waals surface area contributed by atoms with Crippen molar-refractivity contribution in [1.82, 2.24) is 4.57 Å². The van der Waals surface area contributed by atoms with Crippen LogP contribution in [0.3, 0.4) is 0 Å². The fraction of sp³-hybridized carbons (Fsp3) is 0.160. The first-order chi connectivity index (χ1) is 16.6. The maximum Gasteiger partial charge on any atom is 0.307 e. The average molecular weight is 477 g/mol. The van der Waals surface area contributed by atoms with Gasteiger partial charge in [-0.25, -0.2) is 0 Å². The number of nitrogens with zero attached hydrogens (tertiary/aromatic N) is 2. The van der Waals surface area contributed by atoms with Gasteiger partial charge in [0.2, 0.25) is 6.79 Å². The van der Waals surface area contributed by atoms with Gasteiger partial charge in [-0.3, -0.25) is 9.59 Å². The van der Waals surface area contributed by atoms with E-state index in [1.165, 1.54) is 18.4 Å². The second-order valence-corrected chi connectivity index (χ2v) is 8.40. The summed E-state index contributed by atoms with van der Waals surface area (Å²) in [6, 6.07) is 19.9. The Morgan fingerprint density at radius 1 is 1.00 bits per heavy atom. The molecule has 1 aromatic heterocycles. The number of thiazole rings is 1. The molecule has 34 heavy (non-hydrogen) atoms. The van der Waals surface area contributed by atoms with Crippen molar-refractivity contribution in [1.29, 1.82) is 0 Å². The Labute approximate surface area is 198 Å². The molecular weight excluding hydrogens is 456 g/mol. The highest BCUT2D eigenvalue weighted by atomic mass is 32.1. The number of methoxy groups -OCH3 is 1. The fourth-order valence-corrected chi connectivity index (χ4v) is 4.57. The van der Waals surface area contributed by atoms with E-state index >= 15 is 0 Å². The number of rotatable bonds is 6. The molecule has 0 unspecified atom stereocenters. The quantitative estimate of drug-likeness (QED) is 0.380. The molecule has 9 heteroatoms. The Bertz CT molecular complexity index is 1420. The van der Waals surface area contributed by atoms with Gasteiger partial charge in [0.15, 0.2) is 16.3 Å². The van der Waals surface area contributed by atoms with Gasteiger partial charge < -0.3 is 23.5 Å². The molecule has 0 spiro atoms. The third kappa shape index (κ3) is 4.51. The number of hydrogen-bond acceptors (Lipinski definition) is 7. The Balaban J connectivity index is 1.46. The molecule has 1 amide bonds. The molecule has 0 fully saturated rings. The number of benzene rings is 3. The molecule has 2 heterocycles. The molecule has 5 rings (SSSR count). The van der Waals surface area contributed by atoms with E-state index in [2.05, 4.69) is 4.99 Å². The average Bonchev–Trinajstić information content (AvgIpc) is 3.45. The lowest BCUT2D eigenvalue weighted by Gasteiger charge is -2.06. The Morgan fingerprint density at radius 2 is 1.71 bits per heavy atom. The number of hydrogen-bond donors (Lipinski definition) is 0. The predicted molar refractivity (Wildman–Crippen MR) is 125 cm³/mol. The zero-order valence-electron chi connectivity index (χ0n) is 18.2. The molecule has 3 aromatic carbocycles. The number of esters is 1. The zero-order valence-corrected chi connectivity index (χ0v) is 19.0. The lowest BCUT2D eigenvalue weighted by Crippen LogP contribution is -2.19. The van der Waals surface area contributed by atoms with Crippen LogP contribution in [0.4, 0.5) is 0 Å². The fourth-order valence-electron chi connectivity index (χ4n) is 3.51. The minimum Gasteiger partial charge on any atom is -0.469 e. The summed E-state index contributed by atoms with van der Waals surface area (Å²) in [7, 11) is 1.34. The minimum atomic E-state index is -0.398. The first kappa shape index (κ1) is 21.7. The van der Waals surface area contributed by atoms with Crippen LogP contribution in [0, 0.1) is 0 Å². The van der Waals surface area contributed by atoms with E-state index in [-0.39, 0.29) is 19.2 Å². The molecule has 0 saturated carbocycles. The molecule has 1 aliphatic rings. The van der Waals surface area contributed by atoms with E-state index in [1.807, 2.05) is 47.0 Å². The standard InChI is InChI=1S/C25H20N2O6S/c1-30-23(28)11-12-27-19-13-20-21(32-15-31-20)14-22(19)34-25(27)26-24(29)16-7-9-18(10-8-16)33-17-5-3-2-4-6-17/h2-10,13-14H,11-12,15H2,1H3. The Kier molecular flexibility index (Phi) is 6.01. The summed E-state index contributed by atoms with van der Waals surface area (Å²) in [5.41, 5.74) is 1.22. The summed E-state index contributed by atoms with van der Waals surface area (Å²) < 4.78 is 24.2. The largest absolute Gasteiger partial charge is 0.469 e. The Morgan fingerprint density at radius 3 is 2.44 bits per heavy atom. The SMILES string of the molecule is COC(=O)CCn1c(=NC(=O)c2ccc(Oc3ccccc3)cc2)sc2cc3c(cc21)OCO3. The van der Waals surface area contributed by atoms with Crippen molar-refractivity contribution in [3.63, 3.8) is 0 Å². The number of carbonyl (C=O) groups excluding carboxylic acids is 2. The van der Waals surface area contributed by atoms with Crippen LogP contribution >= 0.6 is 11.3 Å². The molecule has 0 N–H and O–H groups in total. The number of para-hydroxylation sites is 1. The second kappa shape index (κ2) is 9.40. The van der Waals surface area contributed by atoms with Crippen molar-refractivity contribution in [3.05, 3.63) is 77.1 Å². The Hall–Kier alpha value is -4.11. The van der Waals surface area contributed by atoms with Crippen molar-refractivity contribution in [2.45, 2.75) is 13.0 Å². The molecule has 172 valence electrons. The molecule has 8 nitrogen and oxygen atoms in total. The second-order valence-electron chi connectivity index (χ2n) is 7.39. The number of carbonyl (C=O) groups is 2. The third-order valence-electron chi connectivity index (χ3n) is 5.22. The van der Waals surface area contributed by atoms with Crippen molar-refractivity contribution in [2.75, 3.05) is 13.9 Å². The van der Waals surface area contributed by atoms with E-state index in [0.717, 1.165) is 10.2 Å². The summed E-state index contributed by atoms with van der Waals surface area (Å²) in [5.74, 6) is 1.84. The molecule has 1 aliphatic heterocycles. The van der Waals surface area contributed by atoms with Crippen LogP contribution in [-0.2, 0) is 16.1 Å². The highest BCUT2D eigenvalue weighted by Crippen LogP contribution is 2.37. The molecule has 0 atom stereocenters. The molecule has 0 radical (unpaired) electrons. The van der Waals surface area contributed by atoms with Crippen LogP contribution < -0.4 is 19.0 Å². The van der Waals surface area contributed by atoms with Gasteiger partial charge in [-0.1, -0.05) is 29.5 Å². The van der Waals surface area contributed by atoms with Gasteiger partial charge in [0.05, 0.1) is 23.7 Å². The molecular formula is C25H20N2O6S. The highest BCUT2D eigenvalue weighted by molar-refractivity contribution is 7.16. The van der Waals surface area contributed by atoms with E-state index in [4.69, 9.17) is 18.9 Å². The summed E-state index contributed by atoms with van der Waals surface area (Å²) in [6.07, 6.45) is 0.143. The van der Waals surface area contributed by atoms with Crippen LogP contribution in [0.15, 0.2) is 71.7 Å². The maximum absolute atomic E-state index is 13.0. The zero-order chi connectivity index (χ0) is 23.5. The van der Waals surface area contributed by atoms with Crippen LogP contribution in [0.5, 0.6) is 23.0 Å². The van der Waals surface area contributed by atoms with E-state index in [9.17, 15) is 9.59 Å². The number of amides is 1. The molecule has 0 bridgehead atoms. The van der Waals surface area contributed by atoms with E-state index in [1.54, 1.807) is 24.3 Å².